The number of amides is 1. The molecular formula is C50H95NO11. The lowest BCUT2D eigenvalue weighted by molar-refractivity contribution is -0.303. The molecule has 62 heavy (non-hydrogen) atoms. The van der Waals surface area contributed by atoms with Gasteiger partial charge >= 0.3 is 0 Å². The Bertz CT molecular complexity index is 1080. The van der Waals surface area contributed by atoms with E-state index in [0.717, 1.165) is 38.5 Å². The third kappa shape index (κ3) is 28.5. The van der Waals surface area contributed by atoms with Crippen molar-refractivity contribution in [1.29, 1.82) is 0 Å². The molecule has 9 N–H and O–H groups in total. The number of unbranched alkanes of at least 4 members (excludes halogenated alkanes) is 27. The van der Waals surface area contributed by atoms with E-state index < -0.39 is 80.3 Å². The van der Waals surface area contributed by atoms with Gasteiger partial charge in [-0.1, -0.05) is 192 Å². The van der Waals surface area contributed by atoms with Crippen molar-refractivity contribution in [3.8, 4) is 0 Å². The molecular weight excluding hydrogens is 791 g/mol. The Morgan fingerprint density at radius 1 is 0.565 bits per heavy atom. The van der Waals surface area contributed by atoms with E-state index in [0.29, 0.717) is 12.8 Å². The van der Waals surface area contributed by atoms with Gasteiger partial charge in [0.15, 0.2) is 6.29 Å². The average Bonchev–Trinajstić information content (AvgIpc) is 3.27. The molecule has 10 atom stereocenters. The summed E-state index contributed by atoms with van der Waals surface area (Å²) in [6.07, 6.45) is 29.6. The van der Waals surface area contributed by atoms with Gasteiger partial charge in [-0.2, -0.15) is 0 Å². The van der Waals surface area contributed by atoms with Gasteiger partial charge in [-0.3, -0.25) is 4.79 Å². The van der Waals surface area contributed by atoms with Gasteiger partial charge in [-0.05, 0) is 44.9 Å². The van der Waals surface area contributed by atoms with Crippen molar-refractivity contribution in [3.05, 3.63) is 24.3 Å². The maximum atomic E-state index is 13.1. The number of carbonyl (C=O) groups excluding carboxylic acids is 1. The Morgan fingerprint density at radius 3 is 1.44 bits per heavy atom. The van der Waals surface area contributed by atoms with Crippen molar-refractivity contribution in [3.63, 3.8) is 0 Å². The topological polar surface area (TPSA) is 209 Å². The van der Waals surface area contributed by atoms with Gasteiger partial charge in [0.2, 0.25) is 5.91 Å². The van der Waals surface area contributed by atoms with E-state index >= 15 is 0 Å². The fraction of sp³-hybridized carbons (Fsp3) is 0.900. The molecule has 0 unspecified atom stereocenters. The lowest BCUT2D eigenvalue weighted by Crippen LogP contribution is -2.60. The second-order valence-electron chi connectivity index (χ2n) is 18.0. The highest BCUT2D eigenvalue weighted by Crippen LogP contribution is 2.23. The molecule has 0 bridgehead atoms. The zero-order valence-corrected chi connectivity index (χ0v) is 39.2. The van der Waals surface area contributed by atoms with Gasteiger partial charge in [0.05, 0.1) is 19.3 Å². The van der Waals surface area contributed by atoms with Crippen LogP contribution >= 0.6 is 0 Å². The molecule has 12 nitrogen and oxygen atoms in total. The highest BCUT2D eigenvalue weighted by Gasteiger charge is 2.45. The molecule has 0 saturated carbocycles. The lowest BCUT2D eigenvalue weighted by atomic mass is 9.98. The predicted octanol–water partition coefficient (Wildman–Crippen LogP) is 7.98. The number of hydrogen-bond donors (Lipinski definition) is 9. The number of aliphatic hydroxyl groups is 8. The zero-order chi connectivity index (χ0) is 45.6. The third-order valence-electron chi connectivity index (χ3n) is 12.3. The summed E-state index contributed by atoms with van der Waals surface area (Å²) in [5.41, 5.74) is 0. The van der Waals surface area contributed by atoms with Crippen LogP contribution in [-0.2, 0) is 14.3 Å². The van der Waals surface area contributed by atoms with Crippen LogP contribution in [0.25, 0.3) is 0 Å². The molecule has 1 aliphatic rings. The van der Waals surface area contributed by atoms with Crippen molar-refractivity contribution in [2.45, 2.75) is 274 Å². The highest BCUT2D eigenvalue weighted by atomic mass is 16.7. The molecule has 1 heterocycles. The van der Waals surface area contributed by atoms with E-state index in [4.69, 9.17) is 9.47 Å². The largest absolute Gasteiger partial charge is 0.394 e. The first kappa shape index (κ1) is 58.6. The summed E-state index contributed by atoms with van der Waals surface area (Å²) in [5, 5.41) is 86.3. The lowest BCUT2D eigenvalue weighted by Gasteiger charge is -2.40. The molecule has 0 aromatic heterocycles. The van der Waals surface area contributed by atoms with Crippen molar-refractivity contribution < 1.29 is 55.1 Å². The Morgan fingerprint density at radius 2 is 0.984 bits per heavy atom. The number of nitrogens with one attached hydrogen (secondary N) is 1. The normalized spacial score (nSPS) is 22.0. The Labute approximate surface area is 377 Å². The van der Waals surface area contributed by atoms with Gasteiger partial charge < -0.3 is 55.6 Å². The SMILES string of the molecule is CCCCCCCC/C=C\CCCCCCCCCCCCCC[C@@H](O)C(=O)N[C@@H](CO[C@@H]1O[C@H](CO)[C@@H](O)[C@H](O)[C@H]1O)[C@H](O)[C@H](O)[C@H](O)/C=C\CCCCCCCCCCC. The van der Waals surface area contributed by atoms with Gasteiger partial charge in [-0.15, -0.1) is 0 Å². The smallest absolute Gasteiger partial charge is 0.249 e. The third-order valence-corrected chi connectivity index (χ3v) is 12.3. The van der Waals surface area contributed by atoms with Crippen LogP contribution in [0.5, 0.6) is 0 Å². The van der Waals surface area contributed by atoms with Crippen LogP contribution in [0.15, 0.2) is 24.3 Å². The maximum Gasteiger partial charge on any atom is 0.249 e. The molecule has 1 rings (SSSR count). The van der Waals surface area contributed by atoms with Crippen LogP contribution in [0, 0.1) is 0 Å². The number of allylic oxidation sites excluding steroid dienone is 3. The summed E-state index contributed by atoms with van der Waals surface area (Å²) in [4.78, 5) is 13.1. The molecule has 0 radical (unpaired) electrons. The van der Waals surface area contributed by atoms with Crippen LogP contribution < -0.4 is 5.32 Å². The van der Waals surface area contributed by atoms with E-state index in [9.17, 15) is 45.6 Å². The molecule has 1 saturated heterocycles. The molecule has 12 heteroatoms. The Kier molecular flexibility index (Phi) is 37.7. The van der Waals surface area contributed by atoms with Crippen molar-refractivity contribution in [2.75, 3.05) is 13.2 Å². The highest BCUT2D eigenvalue weighted by molar-refractivity contribution is 5.80. The number of aliphatic hydroxyl groups excluding tert-OH is 8. The number of carbonyl (C=O) groups is 1. The number of hydrogen-bond acceptors (Lipinski definition) is 11. The van der Waals surface area contributed by atoms with E-state index in [-0.39, 0.29) is 6.42 Å². The summed E-state index contributed by atoms with van der Waals surface area (Å²) in [5.74, 6) is -0.797. The van der Waals surface area contributed by atoms with Gasteiger partial charge in [0.1, 0.15) is 48.8 Å². The van der Waals surface area contributed by atoms with Crippen molar-refractivity contribution >= 4 is 5.91 Å². The minimum absolute atomic E-state index is 0.198. The van der Waals surface area contributed by atoms with E-state index in [1.54, 1.807) is 6.08 Å². The first-order valence-corrected chi connectivity index (χ1v) is 25.3. The zero-order valence-electron chi connectivity index (χ0n) is 39.2. The first-order valence-electron chi connectivity index (χ1n) is 25.3. The van der Waals surface area contributed by atoms with Crippen LogP contribution in [0.3, 0.4) is 0 Å². The summed E-state index contributed by atoms with van der Waals surface area (Å²) in [7, 11) is 0. The van der Waals surface area contributed by atoms with Crippen LogP contribution in [0.2, 0.25) is 0 Å². The summed E-state index contributed by atoms with van der Waals surface area (Å²) in [6.45, 7) is 3.23. The molecule has 1 amide bonds. The standard InChI is InChI=1S/C50H95NO11/c1-3-5-7-9-11-13-15-16-17-18-19-20-21-22-23-24-25-27-29-31-33-35-37-42(54)49(60)51-40(39-61-50-48(59)47(58)46(57)43(38-52)62-50)44(55)45(56)41(53)36-34-32-30-28-26-14-12-10-8-6-4-2/h16-17,34,36,40-48,50,52-59H,3-15,18-33,35,37-39H2,1-2H3,(H,51,60)/b17-16-,36-34-/t40-,41+,42+,43+,44-,45+,46+,47-,48+,50+/m0/s1. The molecule has 0 aliphatic carbocycles. The minimum atomic E-state index is -1.77. The van der Waals surface area contributed by atoms with Gasteiger partial charge in [0, 0.05) is 0 Å². The second kappa shape index (κ2) is 39.9. The minimum Gasteiger partial charge on any atom is -0.394 e. The monoisotopic (exact) mass is 886 g/mol. The van der Waals surface area contributed by atoms with Gasteiger partial charge in [0.25, 0.3) is 0 Å². The molecule has 1 aliphatic heterocycles. The van der Waals surface area contributed by atoms with E-state index in [1.165, 1.54) is 147 Å². The summed E-state index contributed by atoms with van der Waals surface area (Å²) in [6, 6.07) is -1.37. The summed E-state index contributed by atoms with van der Waals surface area (Å²) >= 11 is 0. The van der Waals surface area contributed by atoms with E-state index in [1.807, 2.05) is 0 Å². The molecule has 0 aromatic rings. The molecule has 0 spiro atoms. The van der Waals surface area contributed by atoms with Crippen LogP contribution in [0.4, 0.5) is 0 Å². The Hall–Kier alpha value is -1.45. The van der Waals surface area contributed by atoms with Crippen LogP contribution in [-0.4, -0.2) is 121 Å². The maximum absolute atomic E-state index is 13.1. The number of rotatable bonds is 42. The van der Waals surface area contributed by atoms with Gasteiger partial charge in [-0.25, -0.2) is 0 Å². The molecule has 0 aromatic carbocycles. The second-order valence-corrected chi connectivity index (χ2v) is 18.0. The molecule has 366 valence electrons. The number of ether oxygens (including phenoxy) is 2. The molecule has 1 fully saturated rings. The average molecular weight is 886 g/mol. The van der Waals surface area contributed by atoms with Crippen molar-refractivity contribution in [2.24, 2.45) is 0 Å². The fourth-order valence-electron chi connectivity index (χ4n) is 8.05. The summed E-state index contributed by atoms with van der Waals surface area (Å²) < 4.78 is 11.0. The quantitative estimate of drug-likeness (QED) is 0.0212. The predicted molar refractivity (Wildman–Crippen MR) is 248 cm³/mol. The van der Waals surface area contributed by atoms with Crippen molar-refractivity contribution in [1.82, 2.24) is 5.32 Å². The Balaban J connectivity index is 2.42. The van der Waals surface area contributed by atoms with Crippen LogP contribution in [0.1, 0.15) is 213 Å². The fourth-order valence-corrected chi connectivity index (χ4v) is 8.05. The van der Waals surface area contributed by atoms with E-state index in [2.05, 4.69) is 31.3 Å². The first-order chi connectivity index (χ1) is 30.1.